The number of piperazine rings is 1. The third-order valence-electron chi connectivity index (χ3n) is 7.28. The van der Waals surface area contributed by atoms with Crippen molar-refractivity contribution >= 4 is 11.8 Å². The van der Waals surface area contributed by atoms with Crippen LogP contribution in [0.3, 0.4) is 0 Å². The molecule has 0 atom stereocenters. The maximum atomic E-state index is 13.4. The van der Waals surface area contributed by atoms with E-state index in [9.17, 15) is 9.59 Å². The number of aromatic amines is 1. The van der Waals surface area contributed by atoms with Gasteiger partial charge in [0.2, 0.25) is 5.91 Å². The molecule has 0 saturated carbocycles. The molecule has 0 bridgehead atoms. The Morgan fingerprint density at radius 2 is 1.66 bits per heavy atom. The van der Waals surface area contributed by atoms with E-state index >= 15 is 0 Å². The van der Waals surface area contributed by atoms with Gasteiger partial charge in [0.15, 0.2) is 5.69 Å². The zero-order valence-corrected chi connectivity index (χ0v) is 20.6. The second kappa shape index (κ2) is 10.0. The van der Waals surface area contributed by atoms with Crippen molar-refractivity contribution < 1.29 is 9.59 Å². The minimum absolute atomic E-state index is 0.0364. The number of hydrogen-bond acceptors (Lipinski definition) is 4. The zero-order valence-electron chi connectivity index (χ0n) is 20.6. The summed E-state index contributed by atoms with van der Waals surface area (Å²) in [5, 5.41) is 7.46. The van der Waals surface area contributed by atoms with Gasteiger partial charge in [-0.1, -0.05) is 54.1 Å². The van der Waals surface area contributed by atoms with Gasteiger partial charge in [-0.3, -0.25) is 19.6 Å². The van der Waals surface area contributed by atoms with E-state index in [1.54, 1.807) is 0 Å². The molecule has 2 aromatic carbocycles. The number of rotatable bonds is 5. The van der Waals surface area contributed by atoms with Gasteiger partial charge in [0.25, 0.3) is 5.91 Å². The lowest BCUT2D eigenvalue weighted by Crippen LogP contribution is -2.48. The SMILES string of the molecule is Cc1ccc(CN2CCN(C(=O)c3n[nH]c4c3CN(C(=O)Cc3ccccc3C)CC4)CC2)cc1. The number of hydrogen-bond donors (Lipinski definition) is 1. The molecular formula is C28H33N5O2. The van der Waals surface area contributed by atoms with Crippen molar-refractivity contribution in [1.29, 1.82) is 0 Å². The Hall–Kier alpha value is -3.45. The van der Waals surface area contributed by atoms with E-state index < -0.39 is 0 Å². The Kier molecular flexibility index (Phi) is 6.68. The minimum Gasteiger partial charge on any atom is -0.338 e. The maximum Gasteiger partial charge on any atom is 0.274 e. The van der Waals surface area contributed by atoms with Crippen LogP contribution in [0.1, 0.15) is 44.0 Å². The van der Waals surface area contributed by atoms with E-state index in [0.717, 1.165) is 42.0 Å². The molecule has 1 aromatic heterocycles. The van der Waals surface area contributed by atoms with Gasteiger partial charge in [0, 0.05) is 63.5 Å². The van der Waals surface area contributed by atoms with Crippen LogP contribution < -0.4 is 0 Å². The predicted octanol–water partition coefficient (Wildman–Crippen LogP) is 3.11. The summed E-state index contributed by atoms with van der Waals surface area (Å²) in [5.74, 6) is 0.0555. The molecule has 7 nitrogen and oxygen atoms in total. The van der Waals surface area contributed by atoms with Crippen molar-refractivity contribution in [2.24, 2.45) is 0 Å². The van der Waals surface area contributed by atoms with Crippen LogP contribution in [0.15, 0.2) is 48.5 Å². The van der Waals surface area contributed by atoms with Crippen LogP contribution in [-0.2, 0) is 30.7 Å². The normalized spacial score (nSPS) is 16.3. The van der Waals surface area contributed by atoms with Gasteiger partial charge < -0.3 is 9.80 Å². The topological polar surface area (TPSA) is 72.5 Å². The van der Waals surface area contributed by atoms with Crippen LogP contribution in [0.4, 0.5) is 0 Å². The third kappa shape index (κ3) is 5.15. The van der Waals surface area contributed by atoms with Crippen molar-refractivity contribution in [3.05, 3.63) is 87.7 Å². The Morgan fingerprint density at radius 1 is 0.914 bits per heavy atom. The summed E-state index contributed by atoms with van der Waals surface area (Å²) < 4.78 is 0. The standard InChI is InChI=1S/C28H33N5O2/c1-20-7-9-22(10-8-20)18-31-13-15-32(16-14-31)28(35)27-24-19-33(12-11-25(24)29-30-27)26(34)17-23-6-4-3-5-21(23)2/h3-10H,11-19H2,1-2H3,(H,29,30). The van der Waals surface area contributed by atoms with Crippen LogP contribution in [0.25, 0.3) is 0 Å². The molecule has 35 heavy (non-hydrogen) atoms. The number of aromatic nitrogens is 2. The van der Waals surface area contributed by atoms with Crippen LogP contribution in [0.2, 0.25) is 0 Å². The molecule has 2 amide bonds. The molecule has 0 radical (unpaired) electrons. The first kappa shape index (κ1) is 23.3. The molecule has 182 valence electrons. The molecular weight excluding hydrogens is 438 g/mol. The molecule has 7 heteroatoms. The lowest BCUT2D eigenvalue weighted by molar-refractivity contribution is -0.131. The number of benzene rings is 2. The number of aryl methyl sites for hydroxylation is 2. The minimum atomic E-state index is -0.0364. The number of nitrogens with one attached hydrogen (secondary N) is 1. The summed E-state index contributed by atoms with van der Waals surface area (Å²) in [4.78, 5) is 32.6. The average molecular weight is 472 g/mol. The zero-order chi connectivity index (χ0) is 24.4. The van der Waals surface area contributed by atoms with Crippen molar-refractivity contribution in [2.75, 3.05) is 32.7 Å². The molecule has 0 spiro atoms. The highest BCUT2D eigenvalue weighted by Gasteiger charge is 2.31. The molecule has 1 N–H and O–H groups in total. The molecule has 3 heterocycles. The van der Waals surface area contributed by atoms with E-state index in [0.29, 0.717) is 44.7 Å². The lowest BCUT2D eigenvalue weighted by atomic mass is 10.0. The molecule has 5 rings (SSSR count). The molecule has 2 aliphatic rings. The summed E-state index contributed by atoms with van der Waals surface area (Å²) >= 11 is 0. The summed E-state index contributed by atoms with van der Waals surface area (Å²) in [5.41, 5.74) is 7.07. The van der Waals surface area contributed by atoms with E-state index in [-0.39, 0.29) is 11.8 Å². The first-order valence-corrected chi connectivity index (χ1v) is 12.4. The summed E-state index contributed by atoms with van der Waals surface area (Å²) in [6, 6.07) is 16.6. The summed E-state index contributed by atoms with van der Waals surface area (Å²) in [7, 11) is 0. The van der Waals surface area contributed by atoms with Gasteiger partial charge >= 0.3 is 0 Å². The van der Waals surface area contributed by atoms with E-state index in [4.69, 9.17) is 0 Å². The monoisotopic (exact) mass is 471 g/mol. The fraction of sp³-hybridized carbons (Fsp3) is 0.393. The first-order valence-electron chi connectivity index (χ1n) is 12.4. The van der Waals surface area contributed by atoms with Gasteiger partial charge in [0.1, 0.15) is 0 Å². The van der Waals surface area contributed by atoms with Gasteiger partial charge in [-0.2, -0.15) is 5.10 Å². The van der Waals surface area contributed by atoms with E-state index in [1.807, 2.05) is 41.0 Å². The Labute approximate surface area is 206 Å². The number of amides is 2. The quantitative estimate of drug-likeness (QED) is 0.621. The van der Waals surface area contributed by atoms with Gasteiger partial charge in [0.05, 0.1) is 6.42 Å². The lowest BCUT2D eigenvalue weighted by Gasteiger charge is -2.35. The smallest absolute Gasteiger partial charge is 0.274 e. The second-order valence-corrected chi connectivity index (χ2v) is 9.75. The fourth-order valence-electron chi connectivity index (χ4n) is 4.98. The van der Waals surface area contributed by atoms with Crippen LogP contribution in [0.5, 0.6) is 0 Å². The molecule has 1 saturated heterocycles. The highest BCUT2D eigenvalue weighted by atomic mass is 16.2. The first-order chi connectivity index (χ1) is 17.0. The number of carbonyl (C=O) groups excluding carboxylic acids is 2. The van der Waals surface area contributed by atoms with Gasteiger partial charge in [-0.25, -0.2) is 0 Å². The third-order valence-corrected chi connectivity index (χ3v) is 7.28. The van der Waals surface area contributed by atoms with Crippen molar-refractivity contribution in [3.8, 4) is 0 Å². The molecule has 0 unspecified atom stereocenters. The van der Waals surface area contributed by atoms with Gasteiger partial charge in [-0.15, -0.1) is 0 Å². The number of H-pyrrole nitrogens is 1. The predicted molar refractivity (Wildman–Crippen MR) is 135 cm³/mol. The Balaban J connectivity index is 1.20. The van der Waals surface area contributed by atoms with E-state index in [2.05, 4.69) is 46.3 Å². The Morgan fingerprint density at radius 3 is 2.40 bits per heavy atom. The van der Waals surface area contributed by atoms with Crippen molar-refractivity contribution in [1.82, 2.24) is 24.9 Å². The second-order valence-electron chi connectivity index (χ2n) is 9.75. The average Bonchev–Trinajstić information content (AvgIpc) is 3.30. The highest BCUT2D eigenvalue weighted by Crippen LogP contribution is 2.23. The number of carbonyl (C=O) groups is 2. The largest absolute Gasteiger partial charge is 0.338 e. The van der Waals surface area contributed by atoms with Crippen LogP contribution in [0, 0.1) is 13.8 Å². The summed E-state index contributed by atoms with van der Waals surface area (Å²) in [6.45, 7) is 9.16. The van der Waals surface area contributed by atoms with E-state index in [1.165, 1.54) is 11.1 Å². The van der Waals surface area contributed by atoms with Crippen molar-refractivity contribution in [2.45, 2.75) is 39.8 Å². The van der Waals surface area contributed by atoms with Crippen LogP contribution >= 0.6 is 0 Å². The molecule has 2 aliphatic heterocycles. The molecule has 1 fully saturated rings. The van der Waals surface area contributed by atoms with Crippen molar-refractivity contribution in [3.63, 3.8) is 0 Å². The maximum absolute atomic E-state index is 13.4. The van der Waals surface area contributed by atoms with Crippen LogP contribution in [-0.4, -0.2) is 69.4 Å². The highest BCUT2D eigenvalue weighted by molar-refractivity contribution is 5.94. The van der Waals surface area contributed by atoms with Gasteiger partial charge in [-0.05, 0) is 30.5 Å². The number of nitrogens with zero attached hydrogens (tertiary/aromatic N) is 4. The summed E-state index contributed by atoms with van der Waals surface area (Å²) in [6.07, 6.45) is 1.07. The Bertz CT molecular complexity index is 1210. The molecule has 3 aromatic rings. The number of fused-ring (bicyclic) bond motifs is 1. The molecule has 0 aliphatic carbocycles. The fourth-order valence-corrected chi connectivity index (χ4v) is 4.98.